The summed E-state index contributed by atoms with van der Waals surface area (Å²) in [5.41, 5.74) is 9.00. The van der Waals surface area contributed by atoms with E-state index in [4.69, 9.17) is 11.5 Å². The molecule has 3 aromatic rings. The third kappa shape index (κ3) is 4.48. The molecule has 0 aliphatic heterocycles. The first-order chi connectivity index (χ1) is 14.7. The van der Waals surface area contributed by atoms with Crippen molar-refractivity contribution in [3.05, 3.63) is 84.3 Å². The molecule has 0 fully saturated rings. The molecular weight excluding hydrogens is 412 g/mol. The summed E-state index contributed by atoms with van der Waals surface area (Å²) in [6, 6.07) is 8.49. The molecule has 14 heteroatoms. The summed E-state index contributed by atoms with van der Waals surface area (Å²) in [7, 11) is 0. The van der Waals surface area contributed by atoms with Crippen molar-refractivity contribution in [2.45, 2.75) is 6.10 Å². The minimum atomic E-state index is -1.58. The number of nitro groups is 2. The highest BCUT2D eigenvalue weighted by molar-refractivity contribution is 6.03. The van der Waals surface area contributed by atoms with Crippen LogP contribution in [0.3, 0.4) is 0 Å². The number of H-pyrrole nitrogens is 1. The number of hydrogen-bond acceptors (Lipinski definition) is 9. The van der Waals surface area contributed by atoms with E-state index in [0.717, 1.165) is 18.2 Å². The molecule has 1 aromatic heterocycles. The van der Waals surface area contributed by atoms with Gasteiger partial charge in [-0.3, -0.25) is 25.0 Å². The number of guanidine groups is 1. The highest BCUT2D eigenvalue weighted by Crippen LogP contribution is 2.22. The summed E-state index contributed by atoms with van der Waals surface area (Å²) >= 11 is 0. The Bertz CT molecular complexity index is 1290. The van der Waals surface area contributed by atoms with Gasteiger partial charge >= 0.3 is 0 Å². The Kier molecular flexibility index (Phi) is 5.65. The molecule has 0 radical (unpaired) electrons. The van der Waals surface area contributed by atoms with Gasteiger partial charge in [0, 0.05) is 24.3 Å². The second kappa shape index (κ2) is 8.34. The van der Waals surface area contributed by atoms with E-state index in [1.54, 1.807) is 0 Å². The predicted molar refractivity (Wildman–Crippen MR) is 109 cm³/mol. The van der Waals surface area contributed by atoms with Crippen molar-refractivity contribution < 1.29 is 15.0 Å². The Labute approximate surface area is 171 Å². The van der Waals surface area contributed by atoms with E-state index in [0.29, 0.717) is 0 Å². The molecule has 3 rings (SSSR count). The summed E-state index contributed by atoms with van der Waals surface area (Å²) in [6.45, 7) is 0. The van der Waals surface area contributed by atoms with Gasteiger partial charge in [-0.2, -0.15) is 0 Å². The van der Waals surface area contributed by atoms with Crippen LogP contribution in [0.1, 0.15) is 17.4 Å². The average molecular weight is 426 g/mol. The quantitative estimate of drug-likeness (QED) is 0.185. The Morgan fingerprint density at radius 1 is 1.03 bits per heavy atom. The lowest BCUT2D eigenvalue weighted by Gasteiger charge is -2.13. The normalized spacial score (nSPS) is 12.4. The first kappa shape index (κ1) is 21.0. The zero-order chi connectivity index (χ0) is 22.7. The molecule has 158 valence electrons. The molecule has 0 aliphatic rings. The third-order valence-corrected chi connectivity index (χ3v) is 4.08. The molecule has 0 saturated carbocycles. The largest absolute Gasteiger partial charge is 0.382 e. The van der Waals surface area contributed by atoms with Crippen molar-refractivity contribution in [1.29, 1.82) is 0 Å². The van der Waals surface area contributed by atoms with E-state index in [1.807, 2.05) is 0 Å². The van der Waals surface area contributed by atoms with Gasteiger partial charge in [-0.05, 0) is 23.8 Å². The van der Waals surface area contributed by atoms with Gasteiger partial charge in [0.2, 0.25) is 5.96 Å². The monoisotopic (exact) mass is 426 g/mol. The number of benzene rings is 2. The second-order valence-electron chi connectivity index (χ2n) is 6.13. The minimum absolute atomic E-state index is 0.0916. The molecule has 14 nitrogen and oxygen atoms in total. The molecule has 1 unspecified atom stereocenters. The van der Waals surface area contributed by atoms with Gasteiger partial charge in [-0.1, -0.05) is 0 Å². The lowest BCUT2D eigenvalue weighted by atomic mass is 10.0. The molecular formula is C17H14N8O6. The first-order valence-electron chi connectivity index (χ1n) is 8.45. The van der Waals surface area contributed by atoms with Crippen LogP contribution in [0.5, 0.6) is 0 Å². The van der Waals surface area contributed by atoms with E-state index in [2.05, 4.69) is 20.2 Å². The average Bonchev–Trinajstić information content (AvgIpc) is 2.73. The smallest absolute Gasteiger partial charge is 0.276 e. The fourth-order valence-electron chi connectivity index (χ4n) is 2.64. The molecule has 1 atom stereocenters. The van der Waals surface area contributed by atoms with Crippen LogP contribution in [0.4, 0.5) is 11.4 Å². The fourth-order valence-corrected chi connectivity index (χ4v) is 2.64. The highest BCUT2D eigenvalue weighted by atomic mass is 16.6. The van der Waals surface area contributed by atoms with Gasteiger partial charge in [0.05, 0.1) is 20.9 Å². The maximum Gasteiger partial charge on any atom is 0.276 e. The standard InChI is InChI=1S/C17H14N8O6/c18-17(19)23-22-13(15(26)8-1-3-9(4-2-8)24(28)29)14-16(27)21-12-7-10(25(30)31)5-6-11(12)20-14/h1-7,15,26H,(H,21,27)(H4,18,19,23)/b22-13+. The van der Waals surface area contributed by atoms with Crippen LogP contribution in [-0.2, 0) is 0 Å². The topological polar surface area (TPSA) is 229 Å². The van der Waals surface area contributed by atoms with E-state index >= 15 is 0 Å². The number of aromatic amines is 1. The summed E-state index contributed by atoms with van der Waals surface area (Å²) in [5, 5.41) is 39.7. The molecule has 0 aliphatic carbocycles. The van der Waals surface area contributed by atoms with Crippen LogP contribution < -0.4 is 17.0 Å². The number of aromatic nitrogens is 2. The molecule has 0 spiro atoms. The lowest BCUT2D eigenvalue weighted by Crippen LogP contribution is -2.26. The highest BCUT2D eigenvalue weighted by Gasteiger charge is 2.23. The number of aliphatic hydroxyl groups excluding tert-OH is 1. The van der Waals surface area contributed by atoms with Gasteiger partial charge in [0.15, 0.2) is 5.69 Å². The number of hydrogen-bond donors (Lipinski definition) is 4. The third-order valence-electron chi connectivity index (χ3n) is 4.08. The van der Waals surface area contributed by atoms with Gasteiger partial charge in [0.25, 0.3) is 16.9 Å². The van der Waals surface area contributed by atoms with Crippen LogP contribution in [0, 0.1) is 20.2 Å². The number of nitro benzene ring substituents is 2. The Morgan fingerprint density at radius 3 is 2.23 bits per heavy atom. The van der Waals surface area contributed by atoms with Crippen molar-refractivity contribution in [1.82, 2.24) is 9.97 Å². The van der Waals surface area contributed by atoms with Crippen LogP contribution >= 0.6 is 0 Å². The SMILES string of the molecule is NC(N)=N/N=C(\c1nc2ccc([N+](=O)[O-])cc2[nH]c1=O)C(O)c1ccc([N+](=O)[O-])cc1. The summed E-state index contributed by atoms with van der Waals surface area (Å²) in [5.74, 6) is -0.457. The predicted octanol–water partition coefficient (Wildman–Crippen LogP) is 0.451. The molecule has 6 N–H and O–H groups in total. The van der Waals surface area contributed by atoms with Crippen molar-refractivity contribution >= 4 is 34.1 Å². The Balaban J connectivity index is 2.14. The van der Waals surface area contributed by atoms with E-state index in [9.17, 15) is 30.1 Å². The van der Waals surface area contributed by atoms with Gasteiger partial charge in [-0.25, -0.2) is 4.98 Å². The van der Waals surface area contributed by atoms with Crippen LogP contribution in [0.2, 0.25) is 0 Å². The molecule has 1 heterocycles. The molecule has 2 aromatic carbocycles. The summed E-state index contributed by atoms with van der Waals surface area (Å²) < 4.78 is 0. The molecule has 0 amide bonds. The lowest BCUT2D eigenvalue weighted by molar-refractivity contribution is -0.385. The number of nitrogens with one attached hydrogen (secondary N) is 1. The van der Waals surface area contributed by atoms with Crippen LogP contribution in [-0.4, -0.2) is 36.6 Å². The number of non-ortho nitro benzene ring substituents is 2. The maximum absolute atomic E-state index is 12.6. The Hall–Kier alpha value is -4.72. The van der Waals surface area contributed by atoms with Crippen molar-refractivity contribution in [2.75, 3.05) is 0 Å². The second-order valence-corrected chi connectivity index (χ2v) is 6.13. The van der Waals surface area contributed by atoms with E-state index in [-0.39, 0.29) is 39.4 Å². The first-order valence-corrected chi connectivity index (χ1v) is 8.45. The maximum atomic E-state index is 12.6. The zero-order valence-corrected chi connectivity index (χ0v) is 15.5. The number of aliphatic hydroxyl groups is 1. The van der Waals surface area contributed by atoms with E-state index < -0.39 is 27.5 Å². The Morgan fingerprint density at radius 2 is 1.65 bits per heavy atom. The zero-order valence-electron chi connectivity index (χ0n) is 15.5. The fraction of sp³-hybridized carbons (Fsp3) is 0.0588. The molecule has 31 heavy (non-hydrogen) atoms. The van der Waals surface area contributed by atoms with E-state index in [1.165, 1.54) is 24.3 Å². The number of nitrogens with zero attached hydrogens (tertiary/aromatic N) is 5. The van der Waals surface area contributed by atoms with Crippen LogP contribution in [0.25, 0.3) is 11.0 Å². The number of rotatable bonds is 6. The summed E-state index contributed by atoms with van der Waals surface area (Å²) in [6.07, 6.45) is -1.58. The molecule has 0 bridgehead atoms. The number of nitrogens with two attached hydrogens (primary N) is 2. The number of fused-ring (bicyclic) bond motifs is 1. The van der Waals surface area contributed by atoms with Crippen molar-refractivity contribution in [2.24, 2.45) is 21.7 Å². The van der Waals surface area contributed by atoms with Gasteiger partial charge < -0.3 is 21.6 Å². The summed E-state index contributed by atoms with van der Waals surface area (Å²) in [4.78, 5) is 39.7. The van der Waals surface area contributed by atoms with Crippen LogP contribution in [0.15, 0.2) is 57.5 Å². The minimum Gasteiger partial charge on any atom is -0.382 e. The molecule has 0 saturated heterocycles. The van der Waals surface area contributed by atoms with Crippen molar-refractivity contribution in [3.63, 3.8) is 0 Å². The van der Waals surface area contributed by atoms with Crippen molar-refractivity contribution in [3.8, 4) is 0 Å². The van der Waals surface area contributed by atoms with Gasteiger partial charge in [-0.15, -0.1) is 10.2 Å². The van der Waals surface area contributed by atoms with Gasteiger partial charge in [0.1, 0.15) is 11.8 Å².